The lowest BCUT2D eigenvalue weighted by Crippen LogP contribution is -2.38. The van der Waals surface area contributed by atoms with Gasteiger partial charge in [-0.25, -0.2) is 4.79 Å². The predicted octanol–water partition coefficient (Wildman–Crippen LogP) is 3.41. The normalized spacial score (nSPS) is 30.5. The van der Waals surface area contributed by atoms with Crippen LogP contribution < -0.4 is 5.32 Å². The van der Waals surface area contributed by atoms with E-state index in [1.165, 1.54) is 25.7 Å². The Balaban J connectivity index is 1.67. The van der Waals surface area contributed by atoms with E-state index in [2.05, 4.69) is 12.2 Å². The standard InChI is InChI=1S/C17H32N2O2/c1-13-5-7-15(8-6-13)18-11-14-9-10-19(12-14)16(20)21-17(2,3)4/h13-15,18H,5-12H2,1-4H3. The van der Waals surface area contributed by atoms with Gasteiger partial charge in [-0.1, -0.05) is 6.92 Å². The van der Waals surface area contributed by atoms with E-state index in [1.807, 2.05) is 25.7 Å². The second-order valence-corrected chi connectivity index (χ2v) is 7.95. The molecule has 1 heterocycles. The summed E-state index contributed by atoms with van der Waals surface area (Å²) in [5.41, 5.74) is -0.397. The zero-order valence-corrected chi connectivity index (χ0v) is 14.2. The first kappa shape index (κ1) is 16.6. The molecule has 1 aliphatic heterocycles. The molecule has 4 heteroatoms. The van der Waals surface area contributed by atoms with E-state index in [9.17, 15) is 4.79 Å². The molecule has 1 aliphatic carbocycles. The average Bonchev–Trinajstić information content (AvgIpc) is 2.85. The summed E-state index contributed by atoms with van der Waals surface area (Å²) >= 11 is 0. The molecule has 4 nitrogen and oxygen atoms in total. The number of ether oxygens (including phenoxy) is 1. The fraction of sp³-hybridized carbons (Fsp3) is 0.941. The van der Waals surface area contributed by atoms with Gasteiger partial charge in [-0.05, 0) is 71.3 Å². The van der Waals surface area contributed by atoms with Crippen molar-refractivity contribution in [2.75, 3.05) is 19.6 Å². The molecule has 0 radical (unpaired) electrons. The molecule has 2 rings (SSSR count). The van der Waals surface area contributed by atoms with Crippen molar-refractivity contribution in [3.8, 4) is 0 Å². The lowest BCUT2D eigenvalue weighted by Gasteiger charge is -2.28. The zero-order valence-electron chi connectivity index (χ0n) is 14.2. The quantitative estimate of drug-likeness (QED) is 0.867. The van der Waals surface area contributed by atoms with Crippen molar-refractivity contribution in [1.29, 1.82) is 0 Å². The number of carbonyl (C=O) groups is 1. The van der Waals surface area contributed by atoms with Crippen LogP contribution in [0.5, 0.6) is 0 Å². The SMILES string of the molecule is CC1CCC(NCC2CCN(C(=O)OC(C)(C)C)C2)CC1. The third-order valence-electron chi connectivity index (χ3n) is 4.65. The van der Waals surface area contributed by atoms with E-state index >= 15 is 0 Å². The van der Waals surface area contributed by atoms with Crippen LogP contribution in [0.15, 0.2) is 0 Å². The monoisotopic (exact) mass is 296 g/mol. The van der Waals surface area contributed by atoms with Crippen LogP contribution in [0.3, 0.4) is 0 Å². The first-order chi connectivity index (χ1) is 9.83. The van der Waals surface area contributed by atoms with Gasteiger partial charge in [0.1, 0.15) is 5.60 Å². The van der Waals surface area contributed by atoms with E-state index < -0.39 is 5.60 Å². The summed E-state index contributed by atoms with van der Waals surface area (Å²) in [6.07, 6.45) is 6.26. The molecule has 0 bridgehead atoms. The van der Waals surface area contributed by atoms with Crippen molar-refractivity contribution < 1.29 is 9.53 Å². The molecule has 1 unspecified atom stereocenters. The summed E-state index contributed by atoms with van der Waals surface area (Å²) in [4.78, 5) is 13.9. The van der Waals surface area contributed by atoms with Gasteiger partial charge in [-0.3, -0.25) is 0 Å². The minimum absolute atomic E-state index is 0.156. The number of nitrogens with zero attached hydrogens (tertiary/aromatic N) is 1. The van der Waals surface area contributed by atoms with Crippen LogP contribution in [-0.4, -0.2) is 42.3 Å². The summed E-state index contributed by atoms with van der Waals surface area (Å²) < 4.78 is 5.44. The van der Waals surface area contributed by atoms with Gasteiger partial charge in [-0.2, -0.15) is 0 Å². The number of nitrogens with one attached hydrogen (secondary N) is 1. The van der Waals surface area contributed by atoms with E-state index in [0.29, 0.717) is 12.0 Å². The van der Waals surface area contributed by atoms with Crippen molar-refractivity contribution in [3.63, 3.8) is 0 Å². The maximum atomic E-state index is 12.0. The molecule has 0 aromatic carbocycles. The van der Waals surface area contributed by atoms with Crippen LogP contribution in [0.25, 0.3) is 0 Å². The van der Waals surface area contributed by atoms with Crippen LogP contribution in [0, 0.1) is 11.8 Å². The molecular weight excluding hydrogens is 264 g/mol. The van der Waals surface area contributed by atoms with E-state index in [1.54, 1.807) is 0 Å². The molecular formula is C17H32N2O2. The largest absolute Gasteiger partial charge is 0.444 e. The first-order valence-electron chi connectivity index (χ1n) is 8.55. The highest BCUT2D eigenvalue weighted by Gasteiger charge is 2.30. The summed E-state index contributed by atoms with van der Waals surface area (Å²) in [6, 6.07) is 0.691. The van der Waals surface area contributed by atoms with Gasteiger partial charge < -0.3 is 15.0 Å². The third-order valence-corrected chi connectivity index (χ3v) is 4.65. The molecule has 122 valence electrons. The Hall–Kier alpha value is -0.770. The lowest BCUT2D eigenvalue weighted by molar-refractivity contribution is 0.0288. The molecule has 21 heavy (non-hydrogen) atoms. The van der Waals surface area contributed by atoms with E-state index in [4.69, 9.17) is 4.74 Å². The van der Waals surface area contributed by atoms with Crippen LogP contribution in [0.1, 0.15) is 59.8 Å². The molecule has 2 aliphatic rings. The first-order valence-corrected chi connectivity index (χ1v) is 8.55. The van der Waals surface area contributed by atoms with Crippen LogP contribution in [0.2, 0.25) is 0 Å². The van der Waals surface area contributed by atoms with Gasteiger partial charge in [0.25, 0.3) is 0 Å². The minimum Gasteiger partial charge on any atom is -0.444 e. The van der Waals surface area contributed by atoms with Crippen molar-refractivity contribution in [2.45, 2.75) is 71.4 Å². The highest BCUT2D eigenvalue weighted by Crippen LogP contribution is 2.24. The third kappa shape index (κ3) is 5.50. The zero-order chi connectivity index (χ0) is 15.5. The van der Waals surface area contributed by atoms with Crippen molar-refractivity contribution in [3.05, 3.63) is 0 Å². The number of rotatable bonds is 3. The highest BCUT2D eigenvalue weighted by molar-refractivity contribution is 5.68. The Morgan fingerprint density at radius 3 is 2.48 bits per heavy atom. The minimum atomic E-state index is -0.397. The van der Waals surface area contributed by atoms with E-state index in [0.717, 1.165) is 32.0 Å². The molecule has 1 amide bonds. The number of hydrogen-bond donors (Lipinski definition) is 1. The number of likely N-dealkylation sites (tertiary alicyclic amines) is 1. The molecule has 2 fully saturated rings. The summed E-state index contributed by atoms with van der Waals surface area (Å²) in [5, 5.41) is 3.71. The highest BCUT2D eigenvalue weighted by atomic mass is 16.6. The summed E-state index contributed by atoms with van der Waals surface area (Å²) in [5.74, 6) is 1.48. The Kier molecular flexibility index (Phi) is 5.53. The number of hydrogen-bond acceptors (Lipinski definition) is 3. The van der Waals surface area contributed by atoms with Crippen LogP contribution >= 0.6 is 0 Å². The molecule has 1 atom stereocenters. The lowest BCUT2D eigenvalue weighted by atomic mass is 9.87. The molecule has 0 aromatic heterocycles. The van der Waals surface area contributed by atoms with Gasteiger partial charge >= 0.3 is 6.09 Å². The fourth-order valence-electron chi connectivity index (χ4n) is 3.29. The molecule has 0 spiro atoms. The van der Waals surface area contributed by atoms with E-state index in [-0.39, 0.29) is 6.09 Å². The fourth-order valence-corrected chi connectivity index (χ4v) is 3.29. The van der Waals surface area contributed by atoms with Gasteiger partial charge in [0.15, 0.2) is 0 Å². The molecule has 1 saturated carbocycles. The van der Waals surface area contributed by atoms with Gasteiger partial charge in [0, 0.05) is 19.1 Å². The Morgan fingerprint density at radius 1 is 1.19 bits per heavy atom. The van der Waals surface area contributed by atoms with Gasteiger partial charge in [-0.15, -0.1) is 0 Å². The van der Waals surface area contributed by atoms with Crippen molar-refractivity contribution >= 4 is 6.09 Å². The molecule has 0 aromatic rings. The summed E-state index contributed by atoms with van der Waals surface area (Å²) in [7, 11) is 0. The van der Waals surface area contributed by atoms with Crippen molar-refractivity contribution in [2.24, 2.45) is 11.8 Å². The maximum absolute atomic E-state index is 12.0. The second kappa shape index (κ2) is 6.99. The average molecular weight is 296 g/mol. The Morgan fingerprint density at radius 2 is 1.86 bits per heavy atom. The summed E-state index contributed by atoms with van der Waals surface area (Å²) in [6.45, 7) is 10.8. The maximum Gasteiger partial charge on any atom is 0.410 e. The van der Waals surface area contributed by atoms with Crippen molar-refractivity contribution in [1.82, 2.24) is 10.2 Å². The van der Waals surface area contributed by atoms with Crippen LogP contribution in [-0.2, 0) is 4.74 Å². The number of carbonyl (C=O) groups excluding carboxylic acids is 1. The predicted molar refractivity (Wildman–Crippen MR) is 85.3 cm³/mol. The Labute approximate surface area is 129 Å². The smallest absolute Gasteiger partial charge is 0.410 e. The Bertz CT molecular complexity index is 343. The number of amides is 1. The van der Waals surface area contributed by atoms with Crippen LogP contribution in [0.4, 0.5) is 4.79 Å². The second-order valence-electron chi connectivity index (χ2n) is 7.95. The van der Waals surface area contributed by atoms with Gasteiger partial charge in [0.2, 0.25) is 0 Å². The van der Waals surface area contributed by atoms with Gasteiger partial charge in [0.05, 0.1) is 0 Å². The topological polar surface area (TPSA) is 41.6 Å². The molecule has 1 N–H and O–H groups in total. The molecule has 1 saturated heterocycles.